The Hall–Kier alpha value is -0.850. The van der Waals surface area contributed by atoms with Gasteiger partial charge in [-0.3, -0.25) is 4.57 Å². The first kappa shape index (κ1) is 17.5. The molecule has 22 heavy (non-hydrogen) atoms. The molecular formula is C15H13Br2ClFNO2. The van der Waals surface area contributed by atoms with Crippen LogP contribution in [0.2, 0.25) is 5.02 Å². The van der Waals surface area contributed by atoms with Gasteiger partial charge in [0.2, 0.25) is 0 Å². The minimum absolute atomic E-state index is 0.205. The highest BCUT2D eigenvalue weighted by Crippen LogP contribution is 2.35. The lowest BCUT2D eigenvalue weighted by Gasteiger charge is -2.20. The third-order valence-electron chi connectivity index (χ3n) is 2.66. The molecule has 3 nitrogen and oxygen atoms in total. The maximum Gasteiger partial charge on any atom is 0.419 e. The van der Waals surface area contributed by atoms with E-state index in [1.54, 1.807) is 33.0 Å². The molecule has 7 heteroatoms. The van der Waals surface area contributed by atoms with Gasteiger partial charge in [-0.15, -0.1) is 0 Å². The summed E-state index contributed by atoms with van der Waals surface area (Å²) < 4.78 is 21.2. The van der Waals surface area contributed by atoms with Crippen molar-refractivity contribution in [3.05, 3.63) is 44.2 Å². The van der Waals surface area contributed by atoms with E-state index in [0.717, 1.165) is 0 Å². The van der Waals surface area contributed by atoms with Gasteiger partial charge in [-0.25, -0.2) is 9.18 Å². The minimum atomic E-state index is -0.627. The van der Waals surface area contributed by atoms with Gasteiger partial charge in [0.05, 0.1) is 15.2 Å². The second-order valence-corrected chi connectivity index (χ2v) is 7.82. The van der Waals surface area contributed by atoms with Gasteiger partial charge in [0.1, 0.15) is 11.4 Å². The molecule has 0 fully saturated rings. The average molecular weight is 454 g/mol. The van der Waals surface area contributed by atoms with E-state index in [9.17, 15) is 9.18 Å². The monoisotopic (exact) mass is 451 g/mol. The van der Waals surface area contributed by atoms with E-state index in [-0.39, 0.29) is 9.50 Å². The van der Waals surface area contributed by atoms with Gasteiger partial charge in [-0.2, -0.15) is 0 Å². The third kappa shape index (κ3) is 3.91. The number of carbonyl (C=O) groups excluding carboxylic acids is 1. The summed E-state index contributed by atoms with van der Waals surface area (Å²) in [7, 11) is 0. The van der Waals surface area contributed by atoms with Gasteiger partial charge in [0, 0.05) is 16.2 Å². The predicted molar refractivity (Wildman–Crippen MR) is 91.9 cm³/mol. The Kier molecular flexibility index (Phi) is 5.04. The summed E-state index contributed by atoms with van der Waals surface area (Å²) in [5.41, 5.74) is 0.400. The molecule has 1 aromatic carbocycles. The first-order chi connectivity index (χ1) is 10.1. The Labute approximate surface area is 149 Å². The zero-order valence-electron chi connectivity index (χ0n) is 12.1. The van der Waals surface area contributed by atoms with Gasteiger partial charge in [-0.1, -0.05) is 11.6 Å². The molecule has 0 aliphatic heterocycles. The van der Waals surface area contributed by atoms with Crippen molar-refractivity contribution in [3.63, 3.8) is 0 Å². The number of hydrogen-bond acceptors (Lipinski definition) is 2. The van der Waals surface area contributed by atoms with Gasteiger partial charge in [-0.05, 0) is 70.8 Å². The Morgan fingerprint density at radius 2 is 1.91 bits per heavy atom. The molecule has 0 unspecified atom stereocenters. The van der Waals surface area contributed by atoms with Crippen LogP contribution < -0.4 is 0 Å². The van der Waals surface area contributed by atoms with Crippen molar-refractivity contribution in [2.45, 2.75) is 26.4 Å². The van der Waals surface area contributed by atoms with Gasteiger partial charge in [0.15, 0.2) is 0 Å². The smallest absolute Gasteiger partial charge is 0.419 e. The standard InChI is InChI=1S/C15H13Br2ClFNO2/c1-15(2,3)22-14(21)20-7-8(16)4-13(20)9-5-10(17)12(19)6-11(9)18/h4-7H,1-3H3. The van der Waals surface area contributed by atoms with E-state index in [4.69, 9.17) is 16.3 Å². The summed E-state index contributed by atoms with van der Waals surface area (Å²) in [4.78, 5) is 12.3. The second-order valence-electron chi connectivity index (χ2n) is 5.64. The van der Waals surface area contributed by atoms with Crippen molar-refractivity contribution in [1.82, 2.24) is 4.57 Å². The van der Waals surface area contributed by atoms with E-state index < -0.39 is 17.5 Å². The van der Waals surface area contributed by atoms with Gasteiger partial charge in [0.25, 0.3) is 0 Å². The fourth-order valence-electron chi connectivity index (χ4n) is 1.82. The predicted octanol–water partition coefficient (Wildman–Crippen LogP) is 6.26. The highest BCUT2D eigenvalue weighted by atomic mass is 79.9. The molecule has 0 amide bonds. The van der Waals surface area contributed by atoms with Gasteiger partial charge >= 0.3 is 6.09 Å². The van der Waals surface area contributed by atoms with Crippen LogP contribution in [0.1, 0.15) is 20.8 Å². The fourth-order valence-corrected chi connectivity index (χ4v) is 2.83. The van der Waals surface area contributed by atoms with Crippen LogP contribution in [0.25, 0.3) is 11.3 Å². The summed E-state index contributed by atoms with van der Waals surface area (Å²) in [5, 5.41) is 0.205. The number of nitrogens with zero attached hydrogens (tertiary/aromatic N) is 1. The van der Waals surface area contributed by atoms with Crippen LogP contribution >= 0.6 is 43.5 Å². The first-order valence-electron chi connectivity index (χ1n) is 6.34. The maximum absolute atomic E-state index is 13.5. The minimum Gasteiger partial charge on any atom is -0.443 e. The van der Waals surface area contributed by atoms with E-state index >= 15 is 0 Å². The summed E-state index contributed by atoms with van der Waals surface area (Å²) in [6.07, 6.45) is 1.04. The van der Waals surface area contributed by atoms with Crippen LogP contribution in [-0.2, 0) is 4.74 Å². The largest absolute Gasteiger partial charge is 0.443 e. The molecule has 0 saturated carbocycles. The lowest BCUT2D eigenvalue weighted by atomic mass is 10.1. The van der Waals surface area contributed by atoms with Crippen LogP contribution in [-0.4, -0.2) is 16.3 Å². The number of hydrogen-bond donors (Lipinski definition) is 0. The summed E-state index contributed by atoms with van der Waals surface area (Å²) in [5.74, 6) is -0.469. The van der Waals surface area contributed by atoms with Crippen LogP contribution in [0, 0.1) is 5.82 Å². The molecule has 0 aliphatic rings. The molecular weight excluding hydrogens is 440 g/mol. The molecule has 0 saturated heterocycles. The molecule has 2 rings (SSSR count). The van der Waals surface area contributed by atoms with E-state index in [2.05, 4.69) is 31.9 Å². The number of rotatable bonds is 1. The van der Waals surface area contributed by atoms with Crippen LogP contribution in [0.3, 0.4) is 0 Å². The molecule has 1 heterocycles. The maximum atomic E-state index is 13.5. The van der Waals surface area contributed by atoms with Crippen molar-refractivity contribution in [2.75, 3.05) is 0 Å². The Morgan fingerprint density at radius 1 is 1.27 bits per heavy atom. The lowest BCUT2D eigenvalue weighted by Crippen LogP contribution is -2.27. The molecule has 0 spiro atoms. The van der Waals surface area contributed by atoms with E-state index in [1.165, 1.54) is 16.7 Å². The van der Waals surface area contributed by atoms with Crippen LogP contribution in [0.5, 0.6) is 0 Å². The quantitative estimate of drug-likeness (QED) is 0.478. The zero-order valence-corrected chi connectivity index (χ0v) is 16.0. The lowest BCUT2D eigenvalue weighted by molar-refractivity contribution is 0.0540. The number of halogens is 4. The second kappa shape index (κ2) is 6.34. The summed E-state index contributed by atoms with van der Waals surface area (Å²) in [6, 6.07) is 4.44. The van der Waals surface area contributed by atoms with Gasteiger partial charge < -0.3 is 4.74 Å². The summed E-state index contributed by atoms with van der Waals surface area (Å²) in [6.45, 7) is 5.35. The van der Waals surface area contributed by atoms with Crippen molar-refractivity contribution in [1.29, 1.82) is 0 Å². The number of ether oxygens (including phenoxy) is 1. The highest BCUT2D eigenvalue weighted by molar-refractivity contribution is 9.10. The molecule has 0 bridgehead atoms. The van der Waals surface area contributed by atoms with E-state index in [1.807, 2.05) is 0 Å². The Morgan fingerprint density at radius 3 is 2.50 bits per heavy atom. The number of aromatic nitrogens is 1. The van der Waals surface area contributed by atoms with Crippen molar-refractivity contribution in [2.24, 2.45) is 0 Å². The first-order valence-corrected chi connectivity index (χ1v) is 8.31. The zero-order chi connectivity index (χ0) is 16.7. The fraction of sp³-hybridized carbons (Fsp3) is 0.267. The normalized spacial score (nSPS) is 11.6. The molecule has 0 N–H and O–H groups in total. The molecule has 0 aliphatic carbocycles. The van der Waals surface area contributed by atoms with E-state index in [0.29, 0.717) is 15.7 Å². The topological polar surface area (TPSA) is 31.2 Å². The van der Waals surface area contributed by atoms with Crippen molar-refractivity contribution >= 4 is 49.6 Å². The summed E-state index contributed by atoms with van der Waals surface area (Å²) >= 11 is 12.6. The Balaban J connectivity index is 2.54. The SMILES string of the molecule is CC(C)(C)OC(=O)n1cc(Br)cc1-c1cc(Br)c(F)cc1Cl. The molecule has 0 atom stereocenters. The van der Waals surface area contributed by atoms with Crippen LogP contribution in [0.4, 0.5) is 9.18 Å². The molecule has 2 aromatic rings. The average Bonchev–Trinajstić information content (AvgIpc) is 2.74. The Bertz CT molecular complexity index is 738. The number of benzene rings is 1. The number of carbonyl (C=O) groups is 1. The van der Waals surface area contributed by atoms with Crippen molar-refractivity contribution < 1.29 is 13.9 Å². The van der Waals surface area contributed by atoms with Crippen molar-refractivity contribution in [3.8, 4) is 11.3 Å². The third-order valence-corrected chi connectivity index (χ3v) is 4.02. The molecule has 118 valence electrons. The molecule has 0 radical (unpaired) electrons. The molecule has 1 aromatic heterocycles. The van der Waals surface area contributed by atoms with Crippen LogP contribution in [0.15, 0.2) is 33.3 Å². The highest BCUT2D eigenvalue weighted by Gasteiger charge is 2.22.